The minimum atomic E-state index is -0.460. The Morgan fingerprint density at radius 3 is 2.65 bits per heavy atom. The second-order valence-electron chi connectivity index (χ2n) is 6.27. The number of halogens is 1. The first-order valence-electron chi connectivity index (χ1n) is 8.60. The molecule has 0 atom stereocenters. The van der Waals surface area contributed by atoms with Crippen molar-refractivity contribution in [3.05, 3.63) is 64.0 Å². The summed E-state index contributed by atoms with van der Waals surface area (Å²) in [6, 6.07) is 12.2. The van der Waals surface area contributed by atoms with Gasteiger partial charge in [0.1, 0.15) is 11.5 Å². The summed E-state index contributed by atoms with van der Waals surface area (Å²) < 4.78 is 19.8. The lowest BCUT2D eigenvalue weighted by Gasteiger charge is -2.22. The molecule has 0 amide bonds. The molecule has 2 aromatic rings. The summed E-state index contributed by atoms with van der Waals surface area (Å²) >= 11 is 1.26. The standard InChI is InChI=1S/C19H21FN2O3S/c20-16-10-17(21-12-14-6-8-25-9-7-14)18(22(23)24)11-19(16)26-13-15-4-2-1-3-5-15/h1-5,10-11,14,21H,6-9,12-13H2. The van der Waals surface area contributed by atoms with E-state index < -0.39 is 10.7 Å². The van der Waals surface area contributed by atoms with E-state index in [4.69, 9.17) is 4.74 Å². The van der Waals surface area contributed by atoms with Crippen molar-refractivity contribution < 1.29 is 14.1 Å². The number of nitro groups is 1. The van der Waals surface area contributed by atoms with Crippen LogP contribution in [0, 0.1) is 21.8 Å². The number of anilines is 1. The lowest BCUT2D eigenvalue weighted by Crippen LogP contribution is -2.23. The van der Waals surface area contributed by atoms with Crippen LogP contribution in [0.3, 0.4) is 0 Å². The van der Waals surface area contributed by atoms with Crippen LogP contribution in [0.2, 0.25) is 0 Å². The molecule has 1 fully saturated rings. The highest BCUT2D eigenvalue weighted by atomic mass is 32.2. The first-order valence-corrected chi connectivity index (χ1v) is 9.58. The predicted molar refractivity (Wildman–Crippen MR) is 101 cm³/mol. The van der Waals surface area contributed by atoms with Crippen molar-refractivity contribution in [3.8, 4) is 0 Å². The second kappa shape index (κ2) is 9.00. The van der Waals surface area contributed by atoms with Crippen LogP contribution < -0.4 is 5.32 Å². The van der Waals surface area contributed by atoms with Crippen LogP contribution in [0.4, 0.5) is 15.8 Å². The average molecular weight is 376 g/mol. The van der Waals surface area contributed by atoms with E-state index in [-0.39, 0.29) is 16.3 Å². The Kier molecular flexibility index (Phi) is 6.46. The predicted octanol–water partition coefficient (Wildman–Crippen LogP) is 4.86. The fraction of sp³-hybridized carbons (Fsp3) is 0.368. The smallest absolute Gasteiger partial charge is 0.293 e. The van der Waals surface area contributed by atoms with Gasteiger partial charge in [-0.2, -0.15) is 0 Å². The molecule has 0 unspecified atom stereocenters. The monoisotopic (exact) mass is 376 g/mol. The fourth-order valence-electron chi connectivity index (χ4n) is 2.89. The summed E-state index contributed by atoms with van der Waals surface area (Å²) in [5.74, 6) is 0.508. The molecule has 1 aliphatic rings. The number of rotatable bonds is 7. The molecule has 5 nitrogen and oxygen atoms in total. The molecule has 1 saturated heterocycles. The van der Waals surface area contributed by atoms with Crippen molar-refractivity contribution in [2.45, 2.75) is 23.5 Å². The first-order chi connectivity index (χ1) is 12.6. The number of hydrogen-bond acceptors (Lipinski definition) is 5. The molecule has 0 saturated carbocycles. The molecule has 138 valence electrons. The summed E-state index contributed by atoms with van der Waals surface area (Å²) in [7, 11) is 0. The van der Waals surface area contributed by atoms with Crippen molar-refractivity contribution in [1.29, 1.82) is 0 Å². The topological polar surface area (TPSA) is 64.4 Å². The highest BCUT2D eigenvalue weighted by Crippen LogP contribution is 2.34. The first kappa shape index (κ1) is 18.7. The third-order valence-corrected chi connectivity index (χ3v) is 5.51. The van der Waals surface area contributed by atoms with Crippen molar-refractivity contribution in [2.24, 2.45) is 5.92 Å². The zero-order chi connectivity index (χ0) is 18.4. The zero-order valence-corrected chi connectivity index (χ0v) is 15.1. The molecule has 2 aromatic carbocycles. The highest BCUT2D eigenvalue weighted by molar-refractivity contribution is 7.98. The van der Waals surface area contributed by atoms with Crippen LogP contribution in [0.1, 0.15) is 18.4 Å². The molecule has 0 aliphatic carbocycles. The van der Waals surface area contributed by atoms with Crippen LogP contribution >= 0.6 is 11.8 Å². The van der Waals surface area contributed by atoms with Crippen molar-refractivity contribution in [3.63, 3.8) is 0 Å². The molecule has 0 spiro atoms. The van der Waals surface area contributed by atoms with Gasteiger partial charge in [0.05, 0.1) is 9.82 Å². The fourth-order valence-corrected chi connectivity index (χ4v) is 3.79. The second-order valence-corrected chi connectivity index (χ2v) is 7.28. The van der Waals surface area contributed by atoms with Crippen molar-refractivity contribution in [2.75, 3.05) is 25.1 Å². The quantitative estimate of drug-likeness (QED) is 0.424. The minimum absolute atomic E-state index is 0.0889. The number of hydrogen-bond donors (Lipinski definition) is 1. The van der Waals surface area contributed by atoms with Gasteiger partial charge in [0, 0.05) is 37.6 Å². The molecule has 3 rings (SSSR count). The lowest BCUT2D eigenvalue weighted by atomic mass is 10.0. The Bertz CT molecular complexity index is 752. The number of nitro benzene ring substituents is 1. The van der Waals surface area contributed by atoms with Gasteiger partial charge >= 0.3 is 0 Å². The highest BCUT2D eigenvalue weighted by Gasteiger charge is 2.20. The number of ether oxygens (including phenoxy) is 1. The molecule has 1 heterocycles. The maximum atomic E-state index is 14.5. The van der Waals surface area contributed by atoms with Gasteiger partial charge in [-0.3, -0.25) is 10.1 Å². The molecule has 0 bridgehead atoms. The molecule has 26 heavy (non-hydrogen) atoms. The van der Waals surface area contributed by atoms with Crippen LogP contribution in [-0.2, 0) is 10.5 Å². The largest absolute Gasteiger partial charge is 0.381 e. The Morgan fingerprint density at radius 2 is 1.96 bits per heavy atom. The maximum Gasteiger partial charge on any atom is 0.293 e. The Morgan fingerprint density at radius 1 is 1.23 bits per heavy atom. The molecular weight excluding hydrogens is 355 g/mol. The van der Waals surface area contributed by atoms with E-state index in [1.165, 1.54) is 23.9 Å². The number of nitrogens with one attached hydrogen (secondary N) is 1. The summed E-state index contributed by atoms with van der Waals surface area (Å²) in [6.07, 6.45) is 1.82. The summed E-state index contributed by atoms with van der Waals surface area (Å²) in [5.41, 5.74) is 1.19. The van der Waals surface area contributed by atoms with E-state index in [2.05, 4.69) is 5.32 Å². The van der Waals surface area contributed by atoms with E-state index in [0.29, 0.717) is 31.4 Å². The summed E-state index contributed by atoms with van der Waals surface area (Å²) in [5, 5.41) is 14.5. The van der Waals surface area contributed by atoms with E-state index >= 15 is 0 Å². The summed E-state index contributed by atoms with van der Waals surface area (Å²) in [6.45, 7) is 2.00. The Labute approximate surface area is 156 Å². The van der Waals surface area contributed by atoms with Gasteiger partial charge in [0.2, 0.25) is 0 Å². The van der Waals surface area contributed by atoms with Crippen LogP contribution in [0.25, 0.3) is 0 Å². The third kappa shape index (κ3) is 4.95. The van der Waals surface area contributed by atoms with Crippen LogP contribution in [0.5, 0.6) is 0 Å². The number of thioether (sulfide) groups is 1. The average Bonchev–Trinajstić information content (AvgIpc) is 2.67. The van der Waals surface area contributed by atoms with E-state index in [1.807, 2.05) is 30.3 Å². The molecule has 0 radical (unpaired) electrons. The number of benzene rings is 2. The van der Waals surface area contributed by atoms with Gasteiger partial charge in [-0.15, -0.1) is 11.8 Å². The van der Waals surface area contributed by atoms with Gasteiger partial charge in [-0.1, -0.05) is 30.3 Å². The van der Waals surface area contributed by atoms with Crippen molar-refractivity contribution >= 4 is 23.1 Å². The molecule has 7 heteroatoms. The normalized spacial score (nSPS) is 15.0. The Balaban J connectivity index is 1.71. The van der Waals surface area contributed by atoms with E-state index in [1.54, 1.807) is 0 Å². The van der Waals surface area contributed by atoms with Gasteiger partial charge in [0.15, 0.2) is 0 Å². The SMILES string of the molecule is O=[N+]([O-])c1cc(SCc2ccccc2)c(F)cc1NCC1CCOCC1. The van der Waals surface area contributed by atoms with Gasteiger partial charge in [0.25, 0.3) is 5.69 Å². The zero-order valence-electron chi connectivity index (χ0n) is 14.3. The lowest BCUT2D eigenvalue weighted by molar-refractivity contribution is -0.384. The van der Waals surface area contributed by atoms with Gasteiger partial charge in [-0.25, -0.2) is 4.39 Å². The third-order valence-electron chi connectivity index (χ3n) is 4.41. The molecule has 1 N–H and O–H groups in total. The van der Waals surface area contributed by atoms with Gasteiger partial charge < -0.3 is 10.1 Å². The molecule has 1 aliphatic heterocycles. The maximum absolute atomic E-state index is 14.5. The van der Waals surface area contributed by atoms with E-state index in [9.17, 15) is 14.5 Å². The van der Waals surface area contributed by atoms with Crippen molar-refractivity contribution in [1.82, 2.24) is 0 Å². The summed E-state index contributed by atoms with van der Waals surface area (Å²) in [4.78, 5) is 11.3. The Hall–Kier alpha value is -2.12. The van der Waals surface area contributed by atoms with Gasteiger partial charge in [-0.05, 0) is 24.3 Å². The van der Waals surface area contributed by atoms with Crippen LogP contribution in [0.15, 0.2) is 47.4 Å². The van der Waals surface area contributed by atoms with E-state index in [0.717, 1.165) is 18.4 Å². The number of nitrogens with zero attached hydrogens (tertiary/aromatic N) is 1. The molecule has 0 aromatic heterocycles. The minimum Gasteiger partial charge on any atom is -0.381 e. The molecular formula is C19H21FN2O3S. The van der Waals surface area contributed by atoms with Crippen LogP contribution in [-0.4, -0.2) is 24.7 Å².